The first-order valence-corrected chi connectivity index (χ1v) is 6.08. The summed E-state index contributed by atoms with van der Waals surface area (Å²) in [5, 5.41) is 12.5. The van der Waals surface area contributed by atoms with Crippen molar-refractivity contribution in [2.24, 2.45) is 0 Å². The van der Waals surface area contributed by atoms with E-state index in [2.05, 4.69) is 36.3 Å². The molecule has 0 aliphatic carbocycles. The van der Waals surface area contributed by atoms with E-state index in [0.29, 0.717) is 17.4 Å². The lowest BCUT2D eigenvalue weighted by Gasteiger charge is -1.86. The Labute approximate surface area is 103 Å². The largest absolute Gasteiger partial charge is 0.332 e. The number of nitrogens with zero attached hydrogens (tertiary/aromatic N) is 3. The molecule has 7 heteroatoms. The summed E-state index contributed by atoms with van der Waals surface area (Å²) in [6, 6.07) is 3.89. The molecular weight excluding hydrogens is 292 g/mol. The van der Waals surface area contributed by atoms with E-state index in [1.54, 1.807) is 17.5 Å². The fraction of sp³-hybridized carbons (Fsp3) is 0. The molecule has 3 aromatic heterocycles. The first-order valence-electron chi connectivity index (χ1n) is 4.41. The van der Waals surface area contributed by atoms with E-state index in [-0.39, 0.29) is 0 Å². The Morgan fingerprint density at radius 3 is 3.06 bits per heavy atom. The first-order chi connectivity index (χ1) is 7.84. The smallest absolute Gasteiger partial charge is 0.277 e. The number of nitrogens with one attached hydrogen (secondary N) is 1. The molecule has 0 atom stereocenters. The number of rotatable bonds is 2. The fourth-order valence-corrected chi connectivity index (χ4v) is 2.26. The van der Waals surface area contributed by atoms with Crippen LogP contribution in [0.3, 0.4) is 0 Å². The van der Waals surface area contributed by atoms with Crippen LogP contribution >= 0.6 is 27.3 Å². The van der Waals surface area contributed by atoms with E-state index >= 15 is 0 Å². The highest BCUT2D eigenvalue weighted by molar-refractivity contribution is 9.10. The van der Waals surface area contributed by atoms with Crippen LogP contribution in [-0.4, -0.2) is 20.3 Å². The monoisotopic (exact) mass is 296 g/mol. The molecule has 0 radical (unpaired) electrons. The number of hydrogen-bond donors (Lipinski definition) is 1. The first kappa shape index (κ1) is 9.73. The van der Waals surface area contributed by atoms with Crippen LogP contribution in [0.1, 0.15) is 0 Å². The van der Waals surface area contributed by atoms with Crippen LogP contribution in [0.25, 0.3) is 22.3 Å². The Balaban J connectivity index is 2.03. The minimum atomic E-state index is 0.424. The average Bonchev–Trinajstić information content (AvgIpc) is 2.96. The van der Waals surface area contributed by atoms with Gasteiger partial charge in [0.25, 0.3) is 5.89 Å². The highest BCUT2D eigenvalue weighted by Crippen LogP contribution is 2.27. The normalized spacial score (nSPS) is 10.8. The van der Waals surface area contributed by atoms with Gasteiger partial charge in [-0.3, -0.25) is 5.10 Å². The van der Waals surface area contributed by atoms with E-state index in [4.69, 9.17) is 4.52 Å². The van der Waals surface area contributed by atoms with Crippen molar-refractivity contribution in [3.63, 3.8) is 0 Å². The zero-order chi connectivity index (χ0) is 11.0. The predicted molar refractivity (Wildman–Crippen MR) is 62.9 cm³/mol. The molecular formula is C9H5BrN4OS. The second kappa shape index (κ2) is 3.84. The minimum absolute atomic E-state index is 0.424. The third-order valence-corrected chi connectivity index (χ3v) is 3.44. The quantitative estimate of drug-likeness (QED) is 0.789. The molecule has 0 bridgehead atoms. The van der Waals surface area contributed by atoms with Crippen LogP contribution in [0.2, 0.25) is 0 Å². The molecule has 80 valence electrons. The van der Waals surface area contributed by atoms with E-state index in [1.165, 1.54) is 0 Å². The van der Waals surface area contributed by atoms with Gasteiger partial charge < -0.3 is 4.52 Å². The molecule has 0 aromatic carbocycles. The lowest BCUT2D eigenvalue weighted by Crippen LogP contribution is -1.79. The van der Waals surface area contributed by atoms with Crippen LogP contribution in [-0.2, 0) is 0 Å². The van der Waals surface area contributed by atoms with E-state index in [1.807, 2.05) is 17.5 Å². The summed E-state index contributed by atoms with van der Waals surface area (Å²) >= 11 is 4.91. The molecule has 0 aliphatic rings. The van der Waals surface area contributed by atoms with Crippen LogP contribution < -0.4 is 0 Å². The highest BCUT2D eigenvalue weighted by atomic mass is 79.9. The van der Waals surface area contributed by atoms with Crippen molar-refractivity contribution >= 4 is 27.3 Å². The molecule has 0 aliphatic heterocycles. The average molecular weight is 297 g/mol. The summed E-state index contributed by atoms with van der Waals surface area (Å²) in [7, 11) is 0. The van der Waals surface area contributed by atoms with Gasteiger partial charge in [-0.05, 0) is 27.4 Å². The van der Waals surface area contributed by atoms with E-state index < -0.39 is 0 Å². The number of hydrogen-bond acceptors (Lipinski definition) is 5. The molecule has 0 saturated heterocycles. The third kappa shape index (κ3) is 1.57. The van der Waals surface area contributed by atoms with Gasteiger partial charge in [0, 0.05) is 0 Å². The fourth-order valence-electron chi connectivity index (χ4n) is 1.25. The number of H-pyrrole nitrogens is 1. The van der Waals surface area contributed by atoms with Crippen LogP contribution in [0.15, 0.2) is 32.7 Å². The second-order valence-corrected chi connectivity index (χ2v) is 4.80. The maximum Gasteiger partial charge on any atom is 0.277 e. The minimum Gasteiger partial charge on any atom is -0.332 e. The van der Waals surface area contributed by atoms with Gasteiger partial charge in [0.05, 0.1) is 15.5 Å². The van der Waals surface area contributed by atoms with Crippen LogP contribution in [0.5, 0.6) is 0 Å². The zero-order valence-corrected chi connectivity index (χ0v) is 10.2. The van der Waals surface area contributed by atoms with Gasteiger partial charge in [-0.2, -0.15) is 10.1 Å². The SMILES string of the molecule is Brc1cn[nH]c1-c1nc(-c2cccs2)no1. The van der Waals surface area contributed by atoms with Gasteiger partial charge in [0.1, 0.15) is 5.69 Å². The molecule has 1 N–H and O–H groups in total. The van der Waals surface area contributed by atoms with Crippen molar-refractivity contribution in [3.05, 3.63) is 28.2 Å². The van der Waals surface area contributed by atoms with Crippen molar-refractivity contribution in [1.29, 1.82) is 0 Å². The Morgan fingerprint density at radius 1 is 1.44 bits per heavy atom. The lowest BCUT2D eigenvalue weighted by molar-refractivity contribution is 0.431. The van der Waals surface area contributed by atoms with Crippen LogP contribution in [0.4, 0.5) is 0 Å². The maximum absolute atomic E-state index is 5.16. The molecule has 0 spiro atoms. The summed E-state index contributed by atoms with van der Waals surface area (Å²) in [6.07, 6.45) is 1.64. The van der Waals surface area contributed by atoms with Gasteiger partial charge in [0.2, 0.25) is 5.82 Å². The van der Waals surface area contributed by atoms with Crippen molar-refractivity contribution in [3.8, 4) is 22.3 Å². The maximum atomic E-state index is 5.16. The molecule has 3 rings (SSSR count). The molecule has 3 heterocycles. The van der Waals surface area contributed by atoms with Gasteiger partial charge in [-0.15, -0.1) is 11.3 Å². The molecule has 0 saturated carbocycles. The van der Waals surface area contributed by atoms with E-state index in [0.717, 1.165) is 9.35 Å². The number of aromatic nitrogens is 4. The highest BCUT2D eigenvalue weighted by Gasteiger charge is 2.14. The Kier molecular flexibility index (Phi) is 2.33. The van der Waals surface area contributed by atoms with Crippen LogP contribution in [0, 0.1) is 0 Å². The molecule has 0 amide bonds. The molecule has 0 unspecified atom stereocenters. The van der Waals surface area contributed by atoms with Gasteiger partial charge in [-0.1, -0.05) is 11.2 Å². The standard InChI is InChI=1S/C9H5BrN4OS/c10-5-4-11-13-7(5)9-12-8(14-15-9)6-2-1-3-16-6/h1-4H,(H,11,13). The molecule has 5 nitrogen and oxygen atoms in total. The summed E-state index contributed by atoms with van der Waals surface area (Å²) in [6.45, 7) is 0. The zero-order valence-electron chi connectivity index (χ0n) is 7.85. The Bertz CT molecular complexity index is 601. The third-order valence-electron chi connectivity index (χ3n) is 1.97. The van der Waals surface area contributed by atoms with E-state index in [9.17, 15) is 0 Å². The van der Waals surface area contributed by atoms with Gasteiger partial charge >= 0.3 is 0 Å². The summed E-state index contributed by atoms with van der Waals surface area (Å²) < 4.78 is 5.96. The number of thiophene rings is 1. The summed E-state index contributed by atoms with van der Waals surface area (Å²) in [4.78, 5) is 5.26. The Morgan fingerprint density at radius 2 is 2.38 bits per heavy atom. The second-order valence-electron chi connectivity index (χ2n) is 2.99. The van der Waals surface area contributed by atoms with Crippen molar-refractivity contribution in [1.82, 2.24) is 20.3 Å². The lowest BCUT2D eigenvalue weighted by atomic mass is 10.4. The molecule has 0 fully saturated rings. The topological polar surface area (TPSA) is 67.6 Å². The molecule has 16 heavy (non-hydrogen) atoms. The van der Waals surface area contributed by atoms with Gasteiger partial charge in [-0.25, -0.2) is 0 Å². The van der Waals surface area contributed by atoms with Crippen molar-refractivity contribution in [2.45, 2.75) is 0 Å². The number of halogens is 1. The Hall–Kier alpha value is -1.47. The predicted octanol–water partition coefficient (Wildman–Crippen LogP) is 2.95. The van der Waals surface area contributed by atoms with Crippen molar-refractivity contribution < 1.29 is 4.52 Å². The molecule has 3 aromatic rings. The summed E-state index contributed by atoms with van der Waals surface area (Å²) in [5.41, 5.74) is 0.690. The number of aromatic amines is 1. The summed E-state index contributed by atoms with van der Waals surface area (Å²) in [5.74, 6) is 1.01. The van der Waals surface area contributed by atoms with Gasteiger partial charge in [0.15, 0.2) is 0 Å². The van der Waals surface area contributed by atoms with Crippen molar-refractivity contribution in [2.75, 3.05) is 0 Å².